The molecule has 0 bridgehead atoms. The summed E-state index contributed by atoms with van der Waals surface area (Å²) in [7, 11) is 1.58. The van der Waals surface area contributed by atoms with Crippen LogP contribution in [0.25, 0.3) is 16.7 Å². The van der Waals surface area contributed by atoms with Gasteiger partial charge in [0, 0.05) is 12.4 Å². The average Bonchev–Trinajstić information content (AvgIpc) is 3.03. The van der Waals surface area contributed by atoms with Crippen LogP contribution >= 0.6 is 0 Å². The fourth-order valence-electron chi connectivity index (χ4n) is 2.03. The Balaban J connectivity index is 2.24. The van der Waals surface area contributed by atoms with Crippen molar-refractivity contribution in [1.82, 2.24) is 14.5 Å². The molecule has 0 aliphatic rings. The maximum absolute atomic E-state index is 11.0. The second kappa shape index (κ2) is 4.16. The van der Waals surface area contributed by atoms with Crippen LogP contribution in [0, 0.1) is 0 Å². The van der Waals surface area contributed by atoms with Crippen LogP contribution in [0.2, 0.25) is 0 Å². The quantitative estimate of drug-likeness (QED) is 0.752. The SMILES string of the molecule is COc1c[nH]cc1-n1cnc2ccc(C(=O)O)cc21. The predicted octanol–water partition coefficient (Wildman–Crippen LogP) is 2.06. The van der Waals surface area contributed by atoms with Crippen molar-refractivity contribution in [3.8, 4) is 11.4 Å². The number of H-pyrrole nitrogens is 1. The van der Waals surface area contributed by atoms with E-state index in [4.69, 9.17) is 9.84 Å². The van der Waals surface area contributed by atoms with E-state index >= 15 is 0 Å². The number of hydrogen-bond acceptors (Lipinski definition) is 3. The van der Waals surface area contributed by atoms with Gasteiger partial charge in [-0.3, -0.25) is 4.57 Å². The highest BCUT2D eigenvalue weighted by Gasteiger charge is 2.12. The smallest absolute Gasteiger partial charge is 0.335 e. The van der Waals surface area contributed by atoms with E-state index in [0.29, 0.717) is 5.75 Å². The summed E-state index contributed by atoms with van der Waals surface area (Å²) in [4.78, 5) is 18.2. The van der Waals surface area contributed by atoms with Gasteiger partial charge in [0.25, 0.3) is 0 Å². The van der Waals surface area contributed by atoms with Gasteiger partial charge in [-0.05, 0) is 18.2 Å². The second-order valence-electron chi connectivity index (χ2n) is 4.03. The molecule has 3 rings (SSSR count). The first-order valence-corrected chi connectivity index (χ1v) is 5.62. The molecule has 0 spiro atoms. The lowest BCUT2D eigenvalue weighted by molar-refractivity contribution is 0.0697. The van der Waals surface area contributed by atoms with Crippen molar-refractivity contribution >= 4 is 17.0 Å². The van der Waals surface area contributed by atoms with Crippen LogP contribution in [0.3, 0.4) is 0 Å². The summed E-state index contributed by atoms with van der Waals surface area (Å²) in [5.74, 6) is -0.296. The van der Waals surface area contributed by atoms with Crippen molar-refractivity contribution in [2.24, 2.45) is 0 Å². The van der Waals surface area contributed by atoms with Crippen molar-refractivity contribution in [2.75, 3.05) is 7.11 Å². The fraction of sp³-hybridized carbons (Fsp3) is 0.0769. The van der Waals surface area contributed by atoms with Gasteiger partial charge in [0.05, 0.1) is 23.7 Å². The number of carboxylic acid groups (broad SMARTS) is 1. The van der Waals surface area contributed by atoms with Gasteiger partial charge in [-0.2, -0.15) is 0 Å². The minimum Gasteiger partial charge on any atom is -0.493 e. The van der Waals surface area contributed by atoms with Gasteiger partial charge in [0.2, 0.25) is 0 Å². The molecule has 3 aromatic rings. The van der Waals surface area contributed by atoms with Gasteiger partial charge < -0.3 is 14.8 Å². The minimum absolute atomic E-state index is 0.226. The molecule has 0 saturated carbocycles. The number of aromatic carboxylic acids is 1. The zero-order chi connectivity index (χ0) is 13.4. The largest absolute Gasteiger partial charge is 0.493 e. The molecule has 0 unspecified atom stereocenters. The molecule has 6 heteroatoms. The summed E-state index contributed by atoms with van der Waals surface area (Å²) in [6.45, 7) is 0. The number of hydrogen-bond donors (Lipinski definition) is 2. The Hall–Kier alpha value is -2.76. The number of aromatic amines is 1. The lowest BCUT2D eigenvalue weighted by Crippen LogP contribution is -1.98. The number of nitrogens with zero attached hydrogens (tertiary/aromatic N) is 2. The van der Waals surface area contributed by atoms with E-state index < -0.39 is 5.97 Å². The Kier molecular flexibility index (Phi) is 2.49. The summed E-state index contributed by atoms with van der Waals surface area (Å²) in [6, 6.07) is 4.82. The van der Waals surface area contributed by atoms with Crippen LogP contribution in [0.5, 0.6) is 5.75 Å². The van der Waals surface area contributed by atoms with E-state index in [1.54, 1.807) is 42.5 Å². The van der Waals surface area contributed by atoms with E-state index in [9.17, 15) is 4.79 Å². The molecular formula is C13H11N3O3. The van der Waals surface area contributed by atoms with Crippen LogP contribution in [0.15, 0.2) is 36.9 Å². The Morgan fingerprint density at radius 1 is 1.42 bits per heavy atom. The molecule has 2 heterocycles. The number of methoxy groups -OCH3 is 1. The molecular weight excluding hydrogens is 246 g/mol. The zero-order valence-electron chi connectivity index (χ0n) is 10.1. The molecule has 0 amide bonds. The molecule has 2 aromatic heterocycles. The molecule has 2 N–H and O–H groups in total. The molecule has 0 aliphatic heterocycles. The van der Waals surface area contributed by atoms with Crippen LogP contribution in [0.4, 0.5) is 0 Å². The number of nitrogens with one attached hydrogen (secondary N) is 1. The first-order chi connectivity index (χ1) is 9.20. The van der Waals surface area contributed by atoms with E-state index in [2.05, 4.69) is 9.97 Å². The number of fused-ring (bicyclic) bond motifs is 1. The van der Waals surface area contributed by atoms with Gasteiger partial charge in [0.15, 0.2) is 5.75 Å². The maximum atomic E-state index is 11.0. The van der Waals surface area contributed by atoms with Crippen LogP contribution < -0.4 is 4.74 Å². The number of carboxylic acids is 1. The molecule has 0 aliphatic carbocycles. The first-order valence-electron chi connectivity index (χ1n) is 5.62. The van der Waals surface area contributed by atoms with Gasteiger partial charge >= 0.3 is 5.97 Å². The Morgan fingerprint density at radius 2 is 2.26 bits per heavy atom. The van der Waals surface area contributed by atoms with Crippen LogP contribution in [-0.4, -0.2) is 32.7 Å². The highest BCUT2D eigenvalue weighted by molar-refractivity contribution is 5.92. The van der Waals surface area contributed by atoms with Crippen molar-refractivity contribution in [1.29, 1.82) is 0 Å². The van der Waals surface area contributed by atoms with E-state index in [-0.39, 0.29) is 5.56 Å². The molecule has 0 fully saturated rings. The third kappa shape index (κ3) is 1.74. The van der Waals surface area contributed by atoms with E-state index in [1.165, 1.54) is 6.07 Å². The van der Waals surface area contributed by atoms with E-state index in [0.717, 1.165) is 16.7 Å². The number of aromatic nitrogens is 3. The van der Waals surface area contributed by atoms with E-state index in [1.807, 2.05) is 0 Å². The highest BCUT2D eigenvalue weighted by atomic mass is 16.5. The van der Waals surface area contributed by atoms with Gasteiger partial charge in [-0.15, -0.1) is 0 Å². The monoisotopic (exact) mass is 257 g/mol. The minimum atomic E-state index is -0.962. The molecule has 1 aromatic carbocycles. The third-order valence-electron chi connectivity index (χ3n) is 2.96. The molecule has 0 saturated heterocycles. The summed E-state index contributed by atoms with van der Waals surface area (Å²) >= 11 is 0. The first kappa shape index (κ1) is 11.3. The standard InChI is InChI=1S/C13H11N3O3/c1-19-12-6-14-5-11(12)16-7-15-9-3-2-8(13(17)18)4-10(9)16/h2-7,14H,1H3,(H,17,18). The Bertz CT molecular complexity index is 757. The molecule has 6 nitrogen and oxygen atoms in total. The summed E-state index contributed by atoms with van der Waals surface area (Å²) < 4.78 is 7.03. The van der Waals surface area contributed by atoms with Crippen LogP contribution in [0.1, 0.15) is 10.4 Å². The Labute approximate surface area is 108 Å². The zero-order valence-corrected chi connectivity index (χ0v) is 10.1. The van der Waals surface area contributed by atoms with Crippen molar-refractivity contribution in [2.45, 2.75) is 0 Å². The number of benzene rings is 1. The number of rotatable bonds is 3. The van der Waals surface area contributed by atoms with Gasteiger partial charge in [0.1, 0.15) is 12.0 Å². The average molecular weight is 257 g/mol. The highest BCUT2D eigenvalue weighted by Crippen LogP contribution is 2.26. The Morgan fingerprint density at radius 3 is 3.00 bits per heavy atom. The third-order valence-corrected chi connectivity index (χ3v) is 2.96. The molecule has 0 radical (unpaired) electrons. The summed E-state index contributed by atoms with van der Waals surface area (Å²) in [5.41, 5.74) is 2.46. The lowest BCUT2D eigenvalue weighted by Gasteiger charge is -2.05. The van der Waals surface area contributed by atoms with Crippen LogP contribution in [-0.2, 0) is 0 Å². The van der Waals surface area contributed by atoms with Gasteiger partial charge in [-0.25, -0.2) is 9.78 Å². The van der Waals surface area contributed by atoms with Crippen molar-refractivity contribution in [3.63, 3.8) is 0 Å². The normalized spacial score (nSPS) is 10.8. The summed E-state index contributed by atoms with van der Waals surface area (Å²) in [5, 5.41) is 9.04. The predicted molar refractivity (Wildman–Crippen MR) is 68.9 cm³/mol. The second-order valence-corrected chi connectivity index (χ2v) is 4.03. The topological polar surface area (TPSA) is 80.1 Å². The number of ether oxygens (including phenoxy) is 1. The van der Waals surface area contributed by atoms with Crippen molar-refractivity contribution in [3.05, 3.63) is 42.5 Å². The summed E-state index contributed by atoms with van der Waals surface area (Å²) in [6.07, 6.45) is 5.14. The van der Waals surface area contributed by atoms with Gasteiger partial charge in [-0.1, -0.05) is 0 Å². The fourth-order valence-corrected chi connectivity index (χ4v) is 2.03. The molecule has 96 valence electrons. The number of imidazole rings is 1. The molecule has 19 heavy (non-hydrogen) atoms. The lowest BCUT2D eigenvalue weighted by atomic mass is 10.2. The van der Waals surface area contributed by atoms with Crippen molar-refractivity contribution < 1.29 is 14.6 Å². The maximum Gasteiger partial charge on any atom is 0.335 e. The molecule has 0 atom stereocenters. The number of carbonyl (C=O) groups is 1.